The lowest BCUT2D eigenvalue weighted by Crippen LogP contribution is -2.13. The zero-order valence-corrected chi connectivity index (χ0v) is 11.7. The van der Waals surface area contributed by atoms with Crippen LogP contribution in [0.2, 0.25) is 0 Å². The summed E-state index contributed by atoms with van der Waals surface area (Å²) >= 11 is 0. The first-order chi connectivity index (χ1) is 9.74. The fourth-order valence-electron chi connectivity index (χ4n) is 2.40. The van der Waals surface area contributed by atoms with E-state index in [0.29, 0.717) is 6.42 Å². The topological polar surface area (TPSA) is 43.1 Å². The molecule has 0 radical (unpaired) electrons. The Morgan fingerprint density at radius 3 is 2.10 bits per heavy atom. The minimum absolute atomic E-state index is 0.272. The third-order valence-corrected chi connectivity index (χ3v) is 3.39. The maximum Gasteiger partial charge on any atom is 0.221 e. The second-order valence-electron chi connectivity index (χ2n) is 5.16. The quantitative estimate of drug-likeness (QED) is 0.769. The Kier molecular flexibility index (Phi) is 5.36. The van der Waals surface area contributed by atoms with E-state index in [1.165, 1.54) is 17.5 Å². The first-order valence-electron chi connectivity index (χ1n) is 7.14. The summed E-state index contributed by atoms with van der Waals surface area (Å²) in [6.45, 7) is 0. The van der Waals surface area contributed by atoms with Gasteiger partial charge in [-0.2, -0.15) is 0 Å². The van der Waals surface area contributed by atoms with Crippen molar-refractivity contribution >= 4 is 5.91 Å². The summed E-state index contributed by atoms with van der Waals surface area (Å²) in [4.78, 5) is 10.9. The number of amides is 1. The molecule has 0 saturated carbocycles. The SMILES string of the molecule is NC(=O)Cc1cccc(CCCCc2ccccc2)c1. The van der Waals surface area contributed by atoms with E-state index in [1.807, 2.05) is 18.2 Å². The molecule has 0 aliphatic rings. The van der Waals surface area contributed by atoms with E-state index in [2.05, 4.69) is 36.4 Å². The molecule has 20 heavy (non-hydrogen) atoms. The average molecular weight is 267 g/mol. The number of unbranched alkanes of at least 4 members (excludes halogenated alkanes) is 1. The van der Waals surface area contributed by atoms with Gasteiger partial charge in [0, 0.05) is 0 Å². The van der Waals surface area contributed by atoms with Crippen LogP contribution in [0.5, 0.6) is 0 Å². The Morgan fingerprint density at radius 1 is 0.800 bits per heavy atom. The number of hydrogen-bond donors (Lipinski definition) is 1. The molecule has 2 heteroatoms. The number of primary amides is 1. The lowest BCUT2D eigenvalue weighted by atomic mass is 10.0. The summed E-state index contributed by atoms with van der Waals surface area (Å²) < 4.78 is 0. The van der Waals surface area contributed by atoms with Gasteiger partial charge in [-0.25, -0.2) is 0 Å². The van der Waals surface area contributed by atoms with E-state index in [0.717, 1.165) is 24.8 Å². The number of hydrogen-bond acceptors (Lipinski definition) is 1. The Labute approximate surface area is 120 Å². The van der Waals surface area contributed by atoms with Crippen LogP contribution < -0.4 is 5.73 Å². The van der Waals surface area contributed by atoms with Crippen LogP contribution in [0.15, 0.2) is 54.6 Å². The van der Waals surface area contributed by atoms with E-state index in [9.17, 15) is 4.79 Å². The first kappa shape index (κ1) is 14.3. The van der Waals surface area contributed by atoms with Gasteiger partial charge in [-0.1, -0.05) is 54.6 Å². The highest BCUT2D eigenvalue weighted by Crippen LogP contribution is 2.11. The Balaban J connectivity index is 1.78. The van der Waals surface area contributed by atoms with Crippen LogP contribution in [0, 0.1) is 0 Å². The first-order valence-corrected chi connectivity index (χ1v) is 7.14. The third kappa shape index (κ3) is 4.88. The fourth-order valence-corrected chi connectivity index (χ4v) is 2.40. The normalized spacial score (nSPS) is 10.4. The van der Waals surface area contributed by atoms with E-state index < -0.39 is 0 Å². The molecule has 0 aromatic heterocycles. The molecule has 0 unspecified atom stereocenters. The van der Waals surface area contributed by atoms with Crippen molar-refractivity contribution in [3.8, 4) is 0 Å². The van der Waals surface area contributed by atoms with Crippen LogP contribution >= 0.6 is 0 Å². The van der Waals surface area contributed by atoms with Gasteiger partial charge in [-0.05, 0) is 42.4 Å². The van der Waals surface area contributed by atoms with Gasteiger partial charge >= 0.3 is 0 Å². The molecule has 0 bridgehead atoms. The molecule has 0 aliphatic carbocycles. The summed E-state index contributed by atoms with van der Waals surface area (Å²) in [5, 5.41) is 0. The van der Waals surface area contributed by atoms with Crippen molar-refractivity contribution in [1.29, 1.82) is 0 Å². The third-order valence-electron chi connectivity index (χ3n) is 3.39. The second kappa shape index (κ2) is 7.49. The van der Waals surface area contributed by atoms with Crippen LogP contribution in [0.25, 0.3) is 0 Å². The molecule has 0 spiro atoms. The Hall–Kier alpha value is -2.09. The Morgan fingerprint density at radius 2 is 1.40 bits per heavy atom. The molecule has 0 saturated heterocycles. The van der Waals surface area contributed by atoms with Crippen molar-refractivity contribution in [3.63, 3.8) is 0 Å². The number of carbonyl (C=O) groups excluding carboxylic acids is 1. The van der Waals surface area contributed by atoms with Gasteiger partial charge < -0.3 is 5.73 Å². The van der Waals surface area contributed by atoms with Crippen LogP contribution in [-0.2, 0) is 24.1 Å². The highest BCUT2D eigenvalue weighted by atomic mass is 16.1. The van der Waals surface area contributed by atoms with Crippen molar-refractivity contribution in [2.45, 2.75) is 32.1 Å². The highest BCUT2D eigenvalue weighted by molar-refractivity contribution is 5.76. The predicted octanol–water partition coefficient (Wildman–Crippen LogP) is 3.28. The molecule has 0 fully saturated rings. The van der Waals surface area contributed by atoms with Crippen molar-refractivity contribution in [2.75, 3.05) is 0 Å². The molecule has 2 nitrogen and oxygen atoms in total. The molecule has 2 N–H and O–H groups in total. The highest BCUT2D eigenvalue weighted by Gasteiger charge is 2.00. The summed E-state index contributed by atoms with van der Waals surface area (Å²) in [6, 6.07) is 18.7. The van der Waals surface area contributed by atoms with Gasteiger partial charge in [0.1, 0.15) is 0 Å². The van der Waals surface area contributed by atoms with Gasteiger partial charge in [-0.3, -0.25) is 4.79 Å². The number of aryl methyl sites for hydroxylation is 2. The van der Waals surface area contributed by atoms with E-state index in [1.54, 1.807) is 0 Å². The molecule has 2 rings (SSSR count). The smallest absolute Gasteiger partial charge is 0.221 e. The summed E-state index contributed by atoms with van der Waals surface area (Å²) in [6.07, 6.45) is 4.86. The maximum atomic E-state index is 10.9. The number of rotatable bonds is 7. The van der Waals surface area contributed by atoms with Gasteiger partial charge in [0.05, 0.1) is 6.42 Å². The molecule has 0 aliphatic heterocycles. The Bertz CT molecular complexity index is 548. The minimum atomic E-state index is -0.272. The molecule has 104 valence electrons. The number of benzene rings is 2. The lowest BCUT2D eigenvalue weighted by molar-refractivity contribution is -0.117. The summed E-state index contributed by atoms with van der Waals surface area (Å²) in [7, 11) is 0. The minimum Gasteiger partial charge on any atom is -0.369 e. The number of nitrogens with two attached hydrogens (primary N) is 1. The largest absolute Gasteiger partial charge is 0.369 e. The second-order valence-corrected chi connectivity index (χ2v) is 5.16. The lowest BCUT2D eigenvalue weighted by Gasteiger charge is -2.05. The zero-order chi connectivity index (χ0) is 14.2. The molecule has 0 atom stereocenters. The van der Waals surface area contributed by atoms with Gasteiger partial charge in [-0.15, -0.1) is 0 Å². The summed E-state index contributed by atoms with van der Waals surface area (Å²) in [5.74, 6) is -0.272. The van der Waals surface area contributed by atoms with Crippen molar-refractivity contribution in [3.05, 3.63) is 71.3 Å². The van der Waals surface area contributed by atoms with Gasteiger partial charge in [0.15, 0.2) is 0 Å². The molecular weight excluding hydrogens is 246 g/mol. The number of carbonyl (C=O) groups is 1. The van der Waals surface area contributed by atoms with Crippen LogP contribution in [0.1, 0.15) is 29.5 Å². The van der Waals surface area contributed by atoms with Crippen molar-refractivity contribution in [1.82, 2.24) is 0 Å². The fraction of sp³-hybridized carbons (Fsp3) is 0.278. The van der Waals surface area contributed by atoms with Gasteiger partial charge in [0.2, 0.25) is 5.91 Å². The molecule has 2 aromatic carbocycles. The van der Waals surface area contributed by atoms with E-state index in [4.69, 9.17) is 5.73 Å². The van der Waals surface area contributed by atoms with Crippen LogP contribution in [0.3, 0.4) is 0 Å². The molecule has 1 amide bonds. The predicted molar refractivity (Wildman–Crippen MR) is 82.4 cm³/mol. The monoisotopic (exact) mass is 267 g/mol. The van der Waals surface area contributed by atoms with Crippen LogP contribution in [0.4, 0.5) is 0 Å². The standard InChI is InChI=1S/C18H21NO/c19-18(20)14-17-12-6-11-16(13-17)10-5-4-9-15-7-2-1-3-8-15/h1-3,6-8,11-13H,4-5,9-10,14H2,(H2,19,20). The van der Waals surface area contributed by atoms with Gasteiger partial charge in [0.25, 0.3) is 0 Å². The van der Waals surface area contributed by atoms with Crippen molar-refractivity contribution in [2.24, 2.45) is 5.73 Å². The summed E-state index contributed by atoms with van der Waals surface area (Å²) in [5.41, 5.74) is 8.92. The molecular formula is C18H21NO. The average Bonchev–Trinajstić information content (AvgIpc) is 2.44. The van der Waals surface area contributed by atoms with E-state index >= 15 is 0 Å². The van der Waals surface area contributed by atoms with Crippen molar-refractivity contribution < 1.29 is 4.79 Å². The molecule has 0 heterocycles. The van der Waals surface area contributed by atoms with Crippen LogP contribution in [-0.4, -0.2) is 5.91 Å². The molecule has 2 aromatic rings. The zero-order valence-electron chi connectivity index (χ0n) is 11.7. The maximum absolute atomic E-state index is 10.9. The van der Waals surface area contributed by atoms with E-state index in [-0.39, 0.29) is 5.91 Å².